The molecular weight excluding hydrogens is 362 g/mol. The van der Waals surface area contributed by atoms with Gasteiger partial charge in [-0.05, 0) is 25.0 Å². The van der Waals surface area contributed by atoms with Crippen molar-refractivity contribution in [2.75, 3.05) is 11.9 Å². The lowest BCUT2D eigenvalue weighted by atomic mass is 9.81. The van der Waals surface area contributed by atoms with Gasteiger partial charge in [0.1, 0.15) is 5.76 Å². The molecule has 0 saturated carbocycles. The topological polar surface area (TPSA) is 56.1 Å². The van der Waals surface area contributed by atoms with Crippen molar-refractivity contribution in [2.45, 2.75) is 39.5 Å². The van der Waals surface area contributed by atoms with E-state index in [-0.39, 0.29) is 11.8 Å². The third kappa shape index (κ3) is 3.65. The second-order valence-electron chi connectivity index (χ2n) is 6.47. The Balaban J connectivity index is 2.25. The Kier molecular flexibility index (Phi) is 5.71. The van der Waals surface area contributed by atoms with Gasteiger partial charge in [0, 0.05) is 40.9 Å². The first kappa shape index (κ1) is 19.2. The molecule has 1 unspecified atom stereocenters. The summed E-state index contributed by atoms with van der Waals surface area (Å²) in [5.74, 6) is 0.932. The number of allylic oxidation sites excluding steroid dienone is 2. The molecule has 5 nitrogen and oxygen atoms in total. The van der Waals surface area contributed by atoms with E-state index in [1.54, 1.807) is 6.20 Å². The van der Waals surface area contributed by atoms with Crippen molar-refractivity contribution in [3.63, 3.8) is 0 Å². The second-order valence-corrected chi connectivity index (χ2v) is 6.88. The van der Waals surface area contributed by atoms with Crippen molar-refractivity contribution in [1.82, 2.24) is 9.78 Å². The predicted octanol–water partition coefficient (Wildman–Crippen LogP) is 5.36. The molecule has 2 heterocycles. The smallest absolute Gasteiger partial charge is 0.243 e. The zero-order valence-electron chi connectivity index (χ0n) is 15.9. The van der Waals surface area contributed by atoms with E-state index in [9.17, 15) is 4.79 Å². The largest absolute Gasteiger partial charge is 0.494 e. The Morgan fingerprint density at radius 3 is 2.70 bits per heavy atom. The molecular formula is C21H24ClN3O2. The lowest BCUT2D eigenvalue weighted by Crippen LogP contribution is -2.20. The number of anilines is 1. The van der Waals surface area contributed by atoms with Gasteiger partial charge in [0.15, 0.2) is 5.82 Å². The molecule has 27 heavy (non-hydrogen) atoms. The molecule has 0 saturated heterocycles. The van der Waals surface area contributed by atoms with Crippen molar-refractivity contribution in [1.29, 1.82) is 0 Å². The number of ether oxygens (including phenoxy) is 1. The second kappa shape index (κ2) is 8.01. The highest BCUT2D eigenvalue weighted by molar-refractivity contribution is 6.31. The van der Waals surface area contributed by atoms with Gasteiger partial charge in [0.05, 0.1) is 6.61 Å². The lowest BCUT2D eigenvalue weighted by Gasteiger charge is -2.31. The fourth-order valence-electron chi connectivity index (χ4n) is 3.46. The molecule has 1 aliphatic rings. The van der Waals surface area contributed by atoms with E-state index in [1.807, 2.05) is 31.2 Å². The van der Waals surface area contributed by atoms with Gasteiger partial charge in [-0.15, -0.1) is 5.10 Å². The number of aromatic nitrogens is 2. The molecule has 2 aromatic rings. The standard InChI is InChI=1S/C21H24ClN3O2/c1-5-9-18-19(13(3)27-6-2)20(15-10-7-8-11-17(15)22)16-12-25(14(4)26)24-21(16)23-18/h7-8,10-12,20H,3,5-6,9H2,1-2,4H3,(H,23,24). The molecule has 0 aliphatic carbocycles. The van der Waals surface area contributed by atoms with E-state index < -0.39 is 0 Å². The van der Waals surface area contributed by atoms with Crippen LogP contribution in [0.3, 0.4) is 0 Å². The number of carbonyl (C=O) groups excluding carboxylic acids is 1. The monoisotopic (exact) mass is 385 g/mol. The maximum atomic E-state index is 11.9. The minimum Gasteiger partial charge on any atom is -0.494 e. The first-order valence-corrected chi connectivity index (χ1v) is 9.52. The van der Waals surface area contributed by atoms with Gasteiger partial charge in [-0.3, -0.25) is 4.79 Å². The Morgan fingerprint density at radius 2 is 2.07 bits per heavy atom. The molecule has 1 N–H and O–H groups in total. The number of benzene rings is 1. The average molecular weight is 386 g/mol. The van der Waals surface area contributed by atoms with E-state index in [1.165, 1.54) is 11.6 Å². The van der Waals surface area contributed by atoms with Crippen molar-refractivity contribution >= 4 is 23.3 Å². The number of rotatable bonds is 6. The number of fused-ring (bicyclic) bond motifs is 1. The maximum absolute atomic E-state index is 11.9. The number of carbonyl (C=O) groups is 1. The van der Waals surface area contributed by atoms with Crippen LogP contribution in [0.1, 0.15) is 55.5 Å². The van der Waals surface area contributed by atoms with Gasteiger partial charge in [0.25, 0.3) is 0 Å². The molecule has 3 rings (SSSR count). The van der Waals surface area contributed by atoms with Crippen molar-refractivity contribution in [3.8, 4) is 0 Å². The van der Waals surface area contributed by atoms with Crippen LogP contribution in [-0.4, -0.2) is 22.3 Å². The van der Waals surface area contributed by atoms with Crippen LogP contribution in [0.5, 0.6) is 0 Å². The molecule has 0 radical (unpaired) electrons. The summed E-state index contributed by atoms with van der Waals surface area (Å²) in [5, 5.41) is 8.49. The van der Waals surface area contributed by atoms with E-state index in [0.29, 0.717) is 23.2 Å². The van der Waals surface area contributed by atoms with Crippen LogP contribution in [0.4, 0.5) is 5.82 Å². The van der Waals surface area contributed by atoms with E-state index in [4.69, 9.17) is 16.3 Å². The molecule has 1 aromatic carbocycles. The number of hydrogen-bond donors (Lipinski definition) is 1. The quantitative estimate of drug-likeness (QED) is 0.680. The van der Waals surface area contributed by atoms with Crippen LogP contribution < -0.4 is 5.32 Å². The first-order valence-electron chi connectivity index (χ1n) is 9.14. The first-order chi connectivity index (χ1) is 13.0. The van der Waals surface area contributed by atoms with Crippen molar-refractivity contribution in [3.05, 3.63) is 70.2 Å². The van der Waals surface area contributed by atoms with Crippen molar-refractivity contribution in [2.24, 2.45) is 0 Å². The van der Waals surface area contributed by atoms with Crippen LogP contribution in [0.25, 0.3) is 0 Å². The van der Waals surface area contributed by atoms with Gasteiger partial charge < -0.3 is 10.1 Å². The number of halogens is 1. The normalized spacial score (nSPS) is 15.9. The number of nitrogens with one attached hydrogen (secondary N) is 1. The molecule has 1 atom stereocenters. The number of nitrogens with zero attached hydrogens (tertiary/aromatic N) is 2. The Labute approximate surface area is 164 Å². The predicted molar refractivity (Wildman–Crippen MR) is 108 cm³/mol. The van der Waals surface area contributed by atoms with E-state index in [2.05, 4.69) is 23.9 Å². The molecule has 1 aromatic heterocycles. The van der Waals surface area contributed by atoms with Gasteiger partial charge in [-0.2, -0.15) is 0 Å². The highest BCUT2D eigenvalue weighted by Crippen LogP contribution is 2.46. The fourth-order valence-corrected chi connectivity index (χ4v) is 3.70. The summed E-state index contributed by atoms with van der Waals surface area (Å²) in [6.45, 7) is 10.2. The zero-order valence-corrected chi connectivity index (χ0v) is 16.6. The van der Waals surface area contributed by atoms with Crippen LogP contribution in [0.2, 0.25) is 5.02 Å². The molecule has 0 fully saturated rings. The maximum Gasteiger partial charge on any atom is 0.243 e. The fraction of sp³-hybridized carbons (Fsp3) is 0.333. The Morgan fingerprint density at radius 1 is 1.33 bits per heavy atom. The Hall–Kier alpha value is -2.53. The van der Waals surface area contributed by atoms with Gasteiger partial charge in [-0.1, -0.05) is 49.7 Å². The summed E-state index contributed by atoms with van der Waals surface area (Å²) < 4.78 is 7.15. The summed E-state index contributed by atoms with van der Waals surface area (Å²) in [6.07, 6.45) is 3.53. The summed E-state index contributed by atoms with van der Waals surface area (Å²) >= 11 is 6.56. The summed E-state index contributed by atoms with van der Waals surface area (Å²) in [6, 6.07) is 7.73. The van der Waals surface area contributed by atoms with E-state index in [0.717, 1.165) is 35.2 Å². The Bertz CT molecular complexity index is 914. The van der Waals surface area contributed by atoms with Crippen LogP contribution in [0, 0.1) is 0 Å². The minimum absolute atomic E-state index is 0.147. The van der Waals surface area contributed by atoms with Gasteiger partial charge in [-0.25, -0.2) is 4.68 Å². The van der Waals surface area contributed by atoms with Crippen molar-refractivity contribution < 1.29 is 9.53 Å². The van der Waals surface area contributed by atoms with Gasteiger partial charge >= 0.3 is 0 Å². The van der Waals surface area contributed by atoms with Gasteiger partial charge in [0.2, 0.25) is 5.91 Å². The SMILES string of the molecule is C=C(OCC)C1=C(CCC)Nc2nn(C(C)=O)cc2C1c1ccccc1Cl. The zero-order chi connectivity index (χ0) is 19.6. The molecule has 1 aliphatic heterocycles. The molecule has 142 valence electrons. The van der Waals surface area contributed by atoms with E-state index >= 15 is 0 Å². The van der Waals surface area contributed by atoms with Crippen LogP contribution in [-0.2, 0) is 4.74 Å². The third-order valence-electron chi connectivity index (χ3n) is 4.59. The highest BCUT2D eigenvalue weighted by atomic mass is 35.5. The minimum atomic E-state index is -0.205. The average Bonchev–Trinajstić information content (AvgIpc) is 3.06. The number of hydrogen-bond acceptors (Lipinski definition) is 4. The highest BCUT2D eigenvalue weighted by Gasteiger charge is 2.35. The summed E-state index contributed by atoms with van der Waals surface area (Å²) in [7, 11) is 0. The van der Waals surface area contributed by atoms with Crippen LogP contribution in [0.15, 0.2) is 54.1 Å². The summed E-state index contributed by atoms with van der Waals surface area (Å²) in [5.41, 5.74) is 3.79. The summed E-state index contributed by atoms with van der Waals surface area (Å²) in [4.78, 5) is 11.9. The molecule has 0 amide bonds. The molecule has 0 spiro atoms. The van der Waals surface area contributed by atoms with Crippen LogP contribution >= 0.6 is 11.6 Å². The molecule has 6 heteroatoms. The third-order valence-corrected chi connectivity index (χ3v) is 4.94. The molecule has 0 bridgehead atoms. The lowest BCUT2D eigenvalue weighted by molar-refractivity contribution is 0.0921.